The number of piperazine rings is 2. The number of hydrogen-bond acceptors (Lipinski definition) is 4. The average Bonchev–Trinajstić information content (AvgIpc) is 3.34. The Kier molecular flexibility index (Phi) is 8.64. The van der Waals surface area contributed by atoms with Gasteiger partial charge in [0, 0.05) is 57.9 Å². The topological polar surface area (TPSA) is 115 Å². The fraction of sp³-hybridized carbons (Fsp3) is 0.885. The first-order chi connectivity index (χ1) is 17.6. The molecule has 2 unspecified atom stereocenters. The van der Waals surface area contributed by atoms with Crippen molar-refractivity contribution in [2.75, 3.05) is 45.8 Å². The molecule has 0 bridgehead atoms. The summed E-state index contributed by atoms with van der Waals surface area (Å²) in [7, 11) is 0. The summed E-state index contributed by atoms with van der Waals surface area (Å²) in [6.07, 6.45) is 12.2. The first kappa shape index (κ1) is 25.7. The Hall–Kier alpha value is -1.91. The van der Waals surface area contributed by atoms with Crippen LogP contribution in [0.25, 0.3) is 0 Å². The summed E-state index contributed by atoms with van der Waals surface area (Å²) in [5.74, 6) is 0.330. The fourth-order valence-electron chi connectivity index (χ4n) is 7.22. The highest BCUT2D eigenvalue weighted by atomic mass is 16.2. The van der Waals surface area contributed by atoms with Gasteiger partial charge in [0.15, 0.2) is 6.04 Å². The molecule has 6 N–H and O–H groups in total. The molecule has 1 saturated carbocycles. The summed E-state index contributed by atoms with van der Waals surface area (Å²) in [6, 6.07) is 0.278. The molecule has 5 atom stereocenters. The Morgan fingerprint density at radius 3 is 2.47 bits per heavy atom. The summed E-state index contributed by atoms with van der Waals surface area (Å²) in [5.41, 5.74) is 0. The van der Waals surface area contributed by atoms with Crippen LogP contribution in [0, 0.1) is 0 Å². The molecule has 10 nitrogen and oxygen atoms in total. The highest BCUT2D eigenvalue weighted by Gasteiger charge is 2.48. The van der Waals surface area contributed by atoms with Crippen LogP contribution in [-0.2, 0) is 9.59 Å². The van der Waals surface area contributed by atoms with Gasteiger partial charge in [-0.05, 0) is 25.7 Å². The normalized spacial score (nSPS) is 34.1. The minimum atomic E-state index is -0.130. The SMILES string of the molecule is O=C(NC1CCCCC1)N[C@@H]1C[C@H]2C(=O)NC[C@@H](CCC(=O)N3CCN(C4CCCC[NH2+]4)CC3)[NH+]2C1. The minimum Gasteiger partial charge on any atom is -0.345 e. The van der Waals surface area contributed by atoms with Crippen molar-refractivity contribution in [2.24, 2.45) is 0 Å². The number of piperidine rings is 1. The third-order valence-electron chi connectivity index (χ3n) is 9.32. The number of fused-ring (bicyclic) bond motifs is 1. The standard InChI is InChI=1S/C26H45N7O3/c34-24(32-14-12-31(13-15-32)23-8-4-5-11-27-23)10-9-21-17-28-25(35)22-16-20(18-33(21)22)30-26(36)29-19-6-2-1-3-7-19/h19-23,27H,1-18H2,(H,28,35)(H2,29,30,36)/p+2/t20-,21-,22+,23?/m1/s1. The van der Waals surface area contributed by atoms with Crippen LogP contribution in [0.4, 0.5) is 4.79 Å². The van der Waals surface area contributed by atoms with E-state index in [4.69, 9.17) is 0 Å². The Labute approximate surface area is 215 Å². The molecular formula is C26H47N7O3+2. The predicted molar refractivity (Wildman–Crippen MR) is 135 cm³/mol. The number of urea groups is 1. The quantitative estimate of drug-likeness (QED) is 0.291. The molecule has 0 aromatic heterocycles. The van der Waals surface area contributed by atoms with Gasteiger partial charge in [-0.2, -0.15) is 0 Å². The van der Waals surface area contributed by atoms with Crippen LogP contribution in [-0.4, -0.2) is 104 Å². The van der Waals surface area contributed by atoms with E-state index < -0.39 is 0 Å². The Morgan fingerprint density at radius 2 is 1.72 bits per heavy atom. The summed E-state index contributed by atoms with van der Waals surface area (Å²) >= 11 is 0. The number of hydrogen-bond donors (Lipinski definition) is 5. The van der Waals surface area contributed by atoms with Crippen molar-refractivity contribution in [3.8, 4) is 0 Å². The van der Waals surface area contributed by atoms with E-state index in [0.29, 0.717) is 25.6 Å². The molecule has 202 valence electrons. The number of rotatable bonds is 6. The molecule has 4 aliphatic heterocycles. The van der Waals surface area contributed by atoms with Crippen molar-refractivity contribution in [3.05, 3.63) is 0 Å². The lowest BCUT2D eigenvalue weighted by Crippen LogP contribution is -3.21. The van der Waals surface area contributed by atoms with Gasteiger partial charge in [0.2, 0.25) is 5.91 Å². The van der Waals surface area contributed by atoms with Crippen LogP contribution < -0.4 is 26.2 Å². The molecule has 0 aromatic carbocycles. The van der Waals surface area contributed by atoms with Crippen LogP contribution in [0.2, 0.25) is 0 Å². The zero-order valence-corrected chi connectivity index (χ0v) is 21.8. The molecule has 5 rings (SSSR count). The molecule has 36 heavy (non-hydrogen) atoms. The van der Waals surface area contributed by atoms with Gasteiger partial charge in [-0.1, -0.05) is 19.3 Å². The van der Waals surface area contributed by atoms with E-state index in [2.05, 4.69) is 26.2 Å². The molecule has 5 fully saturated rings. The number of carbonyl (C=O) groups is 3. The van der Waals surface area contributed by atoms with E-state index in [1.54, 1.807) is 0 Å². The van der Waals surface area contributed by atoms with Crippen LogP contribution in [0.5, 0.6) is 0 Å². The predicted octanol–water partition coefficient (Wildman–Crippen LogP) is -1.86. The van der Waals surface area contributed by atoms with Crippen LogP contribution in [0.3, 0.4) is 0 Å². The summed E-state index contributed by atoms with van der Waals surface area (Å²) < 4.78 is 0. The van der Waals surface area contributed by atoms with Gasteiger partial charge in [0.1, 0.15) is 12.2 Å². The van der Waals surface area contributed by atoms with Gasteiger partial charge < -0.3 is 31.1 Å². The number of carbonyl (C=O) groups excluding carboxylic acids is 3. The third kappa shape index (κ3) is 6.31. The minimum absolute atomic E-state index is 0.000289. The lowest BCUT2D eigenvalue weighted by molar-refractivity contribution is -0.930. The van der Waals surface area contributed by atoms with E-state index >= 15 is 0 Å². The smallest absolute Gasteiger partial charge is 0.315 e. The molecule has 4 saturated heterocycles. The Bertz CT molecular complexity index is 775. The van der Waals surface area contributed by atoms with E-state index in [1.807, 2.05) is 4.90 Å². The lowest BCUT2D eigenvalue weighted by atomic mass is 9.96. The van der Waals surface area contributed by atoms with Gasteiger partial charge >= 0.3 is 6.03 Å². The zero-order chi connectivity index (χ0) is 24.9. The number of nitrogens with two attached hydrogens (primary N) is 1. The third-order valence-corrected chi connectivity index (χ3v) is 9.32. The highest BCUT2D eigenvalue weighted by Crippen LogP contribution is 2.17. The molecule has 1 aliphatic carbocycles. The molecule has 5 aliphatic rings. The second-order valence-electron chi connectivity index (χ2n) is 11.7. The number of quaternary nitrogens is 2. The van der Waals surface area contributed by atoms with Crippen LogP contribution in [0.1, 0.15) is 70.6 Å². The summed E-state index contributed by atoms with van der Waals surface area (Å²) in [4.78, 5) is 44.0. The van der Waals surface area contributed by atoms with Crippen molar-refractivity contribution in [2.45, 2.75) is 101 Å². The largest absolute Gasteiger partial charge is 0.345 e. The molecule has 4 heterocycles. The molecule has 10 heteroatoms. The van der Waals surface area contributed by atoms with Crippen molar-refractivity contribution in [1.82, 2.24) is 25.8 Å². The first-order valence-corrected chi connectivity index (χ1v) is 14.6. The van der Waals surface area contributed by atoms with Gasteiger partial charge in [0.25, 0.3) is 5.91 Å². The summed E-state index contributed by atoms with van der Waals surface area (Å²) in [5, 5.41) is 11.8. The monoisotopic (exact) mass is 505 g/mol. The number of nitrogens with zero attached hydrogens (tertiary/aromatic N) is 2. The van der Waals surface area contributed by atoms with Gasteiger partial charge in [-0.15, -0.1) is 0 Å². The van der Waals surface area contributed by atoms with E-state index in [-0.39, 0.29) is 42.0 Å². The highest BCUT2D eigenvalue weighted by molar-refractivity contribution is 5.81. The van der Waals surface area contributed by atoms with E-state index in [1.165, 1.54) is 50.0 Å². The second-order valence-corrected chi connectivity index (χ2v) is 11.7. The lowest BCUT2D eigenvalue weighted by Gasteiger charge is -2.39. The maximum absolute atomic E-state index is 13.0. The summed E-state index contributed by atoms with van der Waals surface area (Å²) in [6.45, 7) is 6.20. The maximum atomic E-state index is 13.0. The second kappa shape index (κ2) is 12.1. The van der Waals surface area contributed by atoms with Crippen molar-refractivity contribution in [3.63, 3.8) is 0 Å². The van der Waals surface area contributed by atoms with Crippen molar-refractivity contribution in [1.29, 1.82) is 0 Å². The van der Waals surface area contributed by atoms with Gasteiger partial charge in [-0.25, -0.2) is 4.79 Å². The molecule has 0 radical (unpaired) electrons. The number of amides is 4. The van der Waals surface area contributed by atoms with Gasteiger partial charge in [0.05, 0.1) is 25.7 Å². The van der Waals surface area contributed by atoms with Crippen molar-refractivity contribution >= 4 is 17.8 Å². The Balaban J connectivity index is 1.06. The molecule has 0 spiro atoms. The van der Waals surface area contributed by atoms with Crippen molar-refractivity contribution < 1.29 is 24.6 Å². The van der Waals surface area contributed by atoms with E-state index in [0.717, 1.165) is 52.0 Å². The fourth-order valence-corrected chi connectivity index (χ4v) is 7.22. The Morgan fingerprint density at radius 1 is 0.972 bits per heavy atom. The maximum Gasteiger partial charge on any atom is 0.315 e. The van der Waals surface area contributed by atoms with Gasteiger partial charge in [-0.3, -0.25) is 14.5 Å². The zero-order valence-electron chi connectivity index (χ0n) is 21.8. The number of nitrogens with one attached hydrogen (secondary N) is 4. The van der Waals surface area contributed by atoms with E-state index in [9.17, 15) is 14.4 Å². The molecule has 0 aromatic rings. The first-order valence-electron chi connectivity index (χ1n) is 14.6. The van der Waals surface area contributed by atoms with Crippen LogP contribution >= 0.6 is 0 Å². The molecule has 4 amide bonds. The molecular weight excluding hydrogens is 458 g/mol. The van der Waals surface area contributed by atoms with Crippen LogP contribution in [0.15, 0.2) is 0 Å². The average molecular weight is 506 g/mol.